The summed E-state index contributed by atoms with van der Waals surface area (Å²) in [7, 11) is 0. The molecule has 3 unspecified atom stereocenters. The number of nitrogens with one attached hydrogen (secondary N) is 1. The Kier molecular flexibility index (Phi) is 7.30. The van der Waals surface area contributed by atoms with Gasteiger partial charge < -0.3 is 31.9 Å². The zero-order valence-electron chi connectivity index (χ0n) is 13.5. The summed E-state index contributed by atoms with van der Waals surface area (Å²) in [6.07, 6.45) is -0.198. The van der Waals surface area contributed by atoms with Crippen molar-refractivity contribution in [3.8, 4) is 0 Å². The first kappa shape index (κ1) is 20.4. The predicted molar refractivity (Wildman–Crippen MR) is 83.0 cm³/mol. The first-order valence-corrected chi connectivity index (χ1v) is 7.72. The fourth-order valence-electron chi connectivity index (χ4n) is 2.59. The third-order valence-electron chi connectivity index (χ3n) is 3.85. The van der Waals surface area contributed by atoms with E-state index in [2.05, 4.69) is 5.32 Å². The lowest BCUT2D eigenvalue weighted by Crippen LogP contribution is -2.54. The molecule has 11 heteroatoms. The molecule has 25 heavy (non-hydrogen) atoms. The van der Waals surface area contributed by atoms with Gasteiger partial charge in [-0.05, 0) is 19.3 Å². The van der Waals surface area contributed by atoms with Crippen LogP contribution < -0.4 is 16.8 Å². The lowest BCUT2D eigenvalue weighted by molar-refractivity contribution is -0.149. The minimum Gasteiger partial charge on any atom is -0.481 e. The maximum Gasteiger partial charge on any atom is 0.326 e. The number of hydrogen-bond acceptors (Lipinski definition) is 6. The Bertz CT molecular complexity index is 565. The molecular formula is C14H22N4O7. The van der Waals surface area contributed by atoms with Crippen molar-refractivity contribution in [3.05, 3.63) is 0 Å². The summed E-state index contributed by atoms with van der Waals surface area (Å²) >= 11 is 0. The van der Waals surface area contributed by atoms with Crippen molar-refractivity contribution in [2.75, 3.05) is 6.54 Å². The zero-order valence-corrected chi connectivity index (χ0v) is 13.5. The van der Waals surface area contributed by atoms with Crippen molar-refractivity contribution >= 4 is 29.7 Å². The number of amides is 3. The van der Waals surface area contributed by atoms with Gasteiger partial charge in [0.05, 0.1) is 12.5 Å². The molecule has 0 spiro atoms. The van der Waals surface area contributed by atoms with Gasteiger partial charge in [-0.25, -0.2) is 4.79 Å². The summed E-state index contributed by atoms with van der Waals surface area (Å²) < 4.78 is 0. The summed E-state index contributed by atoms with van der Waals surface area (Å²) in [6, 6.07) is -3.59. The third-order valence-corrected chi connectivity index (χ3v) is 3.85. The molecule has 11 nitrogen and oxygen atoms in total. The molecule has 0 radical (unpaired) electrons. The first-order chi connectivity index (χ1) is 11.6. The van der Waals surface area contributed by atoms with Gasteiger partial charge in [-0.2, -0.15) is 0 Å². The SMILES string of the molecule is NC(=O)CCC(NC(=O)C(N)CC(=O)O)C(=O)N1CCCC1C(=O)O. The van der Waals surface area contributed by atoms with Crippen LogP contribution in [0.4, 0.5) is 0 Å². The third kappa shape index (κ3) is 6.03. The Balaban J connectivity index is 2.86. The van der Waals surface area contributed by atoms with Gasteiger partial charge in [0.2, 0.25) is 17.7 Å². The molecule has 3 amide bonds. The number of hydrogen-bond donors (Lipinski definition) is 5. The number of rotatable bonds is 9. The molecule has 0 aliphatic carbocycles. The minimum absolute atomic E-state index is 0.136. The van der Waals surface area contributed by atoms with Gasteiger partial charge in [-0.3, -0.25) is 19.2 Å². The molecule has 0 bridgehead atoms. The average molecular weight is 358 g/mol. The van der Waals surface area contributed by atoms with Crippen LogP contribution in [0.5, 0.6) is 0 Å². The van der Waals surface area contributed by atoms with E-state index < -0.39 is 54.2 Å². The second kappa shape index (κ2) is 8.97. The molecular weight excluding hydrogens is 336 g/mol. The lowest BCUT2D eigenvalue weighted by Gasteiger charge is -2.27. The Labute approximate surface area is 143 Å². The zero-order chi connectivity index (χ0) is 19.1. The highest BCUT2D eigenvalue weighted by molar-refractivity contribution is 5.93. The summed E-state index contributed by atoms with van der Waals surface area (Å²) in [4.78, 5) is 58.5. The fourth-order valence-corrected chi connectivity index (χ4v) is 2.59. The van der Waals surface area contributed by atoms with E-state index in [4.69, 9.17) is 21.7 Å². The molecule has 1 aliphatic rings. The average Bonchev–Trinajstić information content (AvgIpc) is 2.99. The number of nitrogens with zero attached hydrogens (tertiary/aromatic N) is 1. The molecule has 0 aromatic rings. The molecule has 1 heterocycles. The molecule has 140 valence electrons. The van der Waals surface area contributed by atoms with Crippen molar-refractivity contribution in [1.82, 2.24) is 10.2 Å². The summed E-state index contributed by atoms with van der Waals surface area (Å²) in [6.45, 7) is 0.208. The number of carbonyl (C=O) groups is 5. The van der Waals surface area contributed by atoms with Gasteiger partial charge in [0, 0.05) is 13.0 Å². The topological polar surface area (TPSA) is 193 Å². The Morgan fingerprint density at radius 2 is 1.84 bits per heavy atom. The normalized spacial score (nSPS) is 19.1. The van der Waals surface area contributed by atoms with Gasteiger partial charge in [0.25, 0.3) is 0 Å². The number of nitrogens with two attached hydrogens (primary N) is 2. The minimum atomic E-state index is -1.38. The van der Waals surface area contributed by atoms with Crippen molar-refractivity contribution in [2.24, 2.45) is 11.5 Å². The van der Waals surface area contributed by atoms with Crippen LogP contribution in [-0.4, -0.2) is 69.4 Å². The van der Waals surface area contributed by atoms with E-state index in [0.717, 1.165) is 4.90 Å². The first-order valence-electron chi connectivity index (χ1n) is 7.72. The monoisotopic (exact) mass is 358 g/mol. The molecule has 1 fully saturated rings. The fraction of sp³-hybridized carbons (Fsp3) is 0.643. The van der Waals surface area contributed by atoms with E-state index >= 15 is 0 Å². The summed E-state index contributed by atoms with van der Waals surface area (Å²) in [5, 5.41) is 20.1. The number of carboxylic acid groups (broad SMARTS) is 2. The van der Waals surface area contributed by atoms with Crippen molar-refractivity contribution in [2.45, 2.75) is 50.2 Å². The largest absolute Gasteiger partial charge is 0.481 e. The van der Waals surface area contributed by atoms with Crippen LogP contribution in [0.1, 0.15) is 32.1 Å². The molecule has 1 saturated heterocycles. The Morgan fingerprint density at radius 3 is 2.36 bits per heavy atom. The van der Waals surface area contributed by atoms with E-state index in [9.17, 15) is 24.0 Å². The van der Waals surface area contributed by atoms with Crippen molar-refractivity contribution in [3.63, 3.8) is 0 Å². The lowest BCUT2D eigenvalue weighted by atomic mass is 10.1. The smallest absolute Gasteiger partial charge is 0.326 e. The molecule has 1 rings (SSSR count). The molecule has 0 aromatic carbocycles. The van der Waals surface area contributed by atoms with Gasteiger partial charge in [-0.15, -0.1) is 0 Å². The predicted octanol–water partition coefficient (Wildman–Crippen LogP) is -2.39. The highest BCUT2D eigenvalue weighted by Gasteiger charge is 2.38. The number of carboxylic acids is 2. The second-order valence-electron chi connectivity index (χ2n) is 5.80. The maximum atomic E-state index is 12.6. The van der Waals surface area contributed by atoms with Crippen LogP contribution in [0.3, 0.4) is 0 Å². The summed E-state index contributed by atoms with van der Waals surface area (Å²) in [5.74, 6) is -4.68. The highest BCUT2D eigenvalue weighted by atomic mass is 16.4. The van der Waals surface area contributed by atoms with Crippen LogP contribution in [0.2, 0.25) is 0 Å². The van der Waals surface area contributed by atoms with E-state index in [1.165, 1.54) is 0 Å². The second-order valence-corrected chi connectivity index (χ2v) is 5.80. The standard InChI is InChI=1S/C14H22N4O7/c15-7(6-11(20)21)12(22)17-8(3-4-10(16)19)13(23)18-5-1-2-9(18)14(24)25/h7-9H,1-6,15H2,(H2,16,19)(H,17,22)(H,20,21)(H,24,25). The molecule has 0 aromatic heterocycles. The van der Waals surface area contributed by atoms with Crippen molar-refractivity contribution in [1.29, 1.82) is 0 Å². The van der Waals surface area contributed by atoms with Crippen LogP contribution >= 0.6 is 0 Å². The van der Waals surface area contributed by atoms with Crippen LogP contribution in [0, 0.1) is 0 Å². The maximum absolute atomic E-state index is 12.6. The summed E-state index contributed by atoms with van der Waals surface area (Å²) in [5.41, 5.74) is 10.5. The Morgan fingerprint density at radius 1 is 1.20 bits per heavy atom. The highest BCUT2D eigenvalue weighted by Crippen LogP contribution is 2.19. The van der Waals surface area contributed by atoms with Gasteiger partial charge in [0.1, 0.15) is 12.1 Å². The molecule has 0 saturated carbocycles. The van der Waals surface area contributed by atoms with Gasteiger partial charge in [-0.1, -0.05) is 0 Å². The Hall–Kier alpha value is -2.69. The van der Waals surface area contributed by atoms with Crippen LogP contribution in [0.15, 0.2) is 0 Å². The van der Waals surface area contributed by atoms with E-state index in [1.54, 1.807) is 0 Å². The molecule has 7 N–H and O–H groups in total. The number of aliphatic carboxylic acids is 2. The molecule has 3 atom stereocenters. The van der Waals surface area contributed by atoms with E-state index in [0.29, 0.717) is 6.42 Å². The van der Waals surface area contributed by atoms with Gasteiger partial charge >= 0.3 is 11.9 Å². The number of primary amides is 1. The van der Waals surface area contributed by atoms with Gasteiger partial charge in [0.15, 0.2) is 0 Å². The van der Waals surface area contributed by atoms with Crippen LogP contribution in [0.25, 0.3) is 0 Å². The molecule has 1 aliphatic heterocycles. The van der Waals surface area contributed by atoms with Crippen molar-refractivity contribution < 1.29 is 34.2 Å². The number of likely N-dealkylation sites (tertiary alicyclic amines) is 1. The van der Waals surface area contributed by atoms with E-state index in [1.807, 2.05) is 0 Å². The van der Waals surface area contributed by atoms with E-state index in [-0.39, 0.29) is 25.8 Å². The van der Waals surface area contributed by atoms with Crippen LogP contribution in [-0.2, 0) is 24.0 Å². The quantitative estimate of drug-likeness (QED) is 0.301. The number of carbonyl (C=O) groups excluding carboxylic acids is 3.